The molecule has 18 heavy (non-hydrogen) atoms. The van der Waals surface area contributed by atoms with Crippen LogP contribution in [-0.4, -0.2) is 48.1 Å². The first-order valence-electron chi connectivity index (χ1n) is 6.41. The zero-order chi connectivity index (χ0) is 13.1. The molecule has 1 aromatic rings. The molecule has 0 aliphatic carbocycles. The molecule has 0 aromatic heterocycles. The molecule has 1 aliphatic rings. The van der Waals surface area contributed by atoms with E-state index in [2.05, 4.69) is 31.1 Å². The summed E-state index contributed by atoms with van der Waals surface area (Å²) < 4.78 is 0. The summed E-state index contributed by atoms with van der Waals surface area (Å²) in [5, 5.41) is 2.94. The topological polar surface area (TPSA) is 35.6 Å². The average molecular weight is 247 g/mol. The monoisotopic (exact) mass is 247 g/mol. The number of para-hydroxylation sites is 1. The van der Waals surface area contributed by atoms with Crippen LogP contribution in [0.25, 0.3) is 0 Å². The van der Waals surface area contributed by atoms with Gasteiger partial charge in [0.05, 0.1) is 0 Å². The minimum Gasteiger partial charge on any atom is -0.321 e. The van der Waals surface area contributed by atoms with E-state index in [0.29, 0.717) is 12.1 Å². The highest BCUT2D eigenvalue weighted by Crippen LogP contribution is 2.15. The number of likely N-dealkylation sites (N-methyl/N-ethyl adjacent to an activating group) is 1. The molecule has 1 saturated heterocycles. The van der Waals surface area contributed by atoms with E-state index in [1.54, 1.807) is 0 Å². The standard InChI is InChI=1S/C14H21N3O/c1-11-9-17(10-12(2)16(11)3)14(18)15-13-7-5-4-6-8-13/h4-8,11-12H,9-10H2,1-3H3,(H,15,18). The first-order chi connectivity index (χ1) is 8.58. The fraction of sp³-hybridized carbons (Fsp3) is 0.500. The molecule has 0 spiro atoms. The average Bonchev–Trinajstić information content (AvgIpc) is 2.36. The van der Waals surface area contributed by atoms with E-state index in [4.69, 9.17) is 0 Å². The van der Waals surface area contributed by atoms with Gasteiger partial charge in [-0.25, -0.2) is 4.79 Å². The molecular formula is C14H21N3O. The first kappa shape index (κ1) is 12.9. The largest absolute Gasteiger partial charge is 0.321 e. The van der Waals surface area contributed by atoms with Crippen LogP contribution in [0.15, 0.2) is 30.3 Å². The Labute approximate surface area is 109 Å². The zero-order valence-corrected chi connectivity index (χ0v) is 11.3. The molecule has 0 saturated carbocycles. The number of rotatable bonds is 1. The van der Waals surface area contributed by atoms with Crippen LogP contribution in [0.1, 0.15) is 13.8 Å². The maximum atomic E-state index is 12.2. The molecule has 98 valence electrons. The van der Waals surface area contributed by atoms with Crippen molar-refractivity contribution in [3.8, 4) is 0 Å². The molecule has 1 aromatic carbocycles. The number of hydrogen-bond donors (Lipinski definition) is 1. The van der Waals surface area contributed by atoms with Crippen molar-refractivity contribution in [1.29, 1.82) is 0 Å². The number of carbonyl (C=O) groups excluding carboxylic acids is 1. The lowest BCUT2D eigenvalue weighted by Crippen LogP contribution is -2.57. The molecular weight excluding hydrogens is 226 g/mol. The van der Waals surface area contributed by atoms with Gasteiger partial charge in [-0.15, -0.1) is 0 Å². The van der Waals surface area contributed by atoms with Crippen LogP contribution in [0.5, 0.6) is 0 Å². The van der Waals surface area contributed by atoms with Gasteiger partial charge >= 0.3 is 6.03 Å². The van der Waals surface area contributed by atoms with Gasteiger partial charge in [-0.2, -0.15) is 0 Å². The van der Waals surface area contributed by atoms with Crippen LogP contribution in [0.3, 0.4) is 0 Å². The fourth-order valence-electron chi connectivity index (χ4n) is 2.29. The van der Waals surface area contributed by atoms with E-state index in [9.17, 15) is 4.79 Å². The highest BCUT2D eigenvalue weighted by molar-refractivity contribution is 5.89. The number of amides is 2. The third-order valence-electron chi connectivity index (χ3n) is 3.67. The first-order valence-corrected chi connectivity index (χ1v) is 6.41. The maximum absolute atomic E-state index is 12.2. The molecule has 2 rings (SSSR count). The minimum atomic E-state index is -0.00648. The van der Waals surface area contributed by atoms with Crippen LogP contribution in [-0.2, 0) is 0 Å². The van der Waals surface area contributed by atoms with Gasteiger partial charge in [0.15, 0.2) is 0 Å². The Kier molecular flexibility index (Phi) is 3.87. The summed E-state index contributed by atoms with van der Waals surface area (Å²) in [6, 6.07) is 10.4. The van der Waals surface area contributed by atoms with Gasteiger partial charge in [-0.05, 0) is 33.0 Å². The molecule has 2 atom stereocenters. The summed E-state index contributed by atoms with van der Waals surface area (Å²) in [4.78, 5) is 16.4. The quantitative estimate of drug-likeness (QED) is 0.826. The predicted octanol–water partition coefficient (Wildman–Crippen LogP) is 2.24. The number of nitrogens with one attached hydrogen (secondary N) is 1. The van der Waals surface area contributed by atoms with Crippen molar-refractivity contribution in [3.05, 3.63) is 30.3 Å². The van der Waals surface area contributed by atoms with Gasteiger partial charge in [0.2, 0.25) is 0 Å². The molecule has 2 unspecified atom stereocenters. The number of benzene rings is 1. The van der Waals surface area contributed by atoms with Crippen molar-refractivity contribution < 1.29 is 4.79 Å². The second kappa shape index (κ2) is 5.40. The number of carbonyl (C=O) groups is 1. The summed E-state index contributed by atoms with van der Waals surface area (Å²) in [5.74, 6) is 0. The number of urea groups is 1. The smallest absolute Gasteiger partial charge is 0.321 e. The van der Waals surface area contributed by atoms with Crippen molar-refractivity contribution in [3.63, 3.8) is 0 Å². The predicted molar refractivity (Wildman–Crippen MR) is 73.7 cm³/mol. The summed E-state index contributed by atoms with van der Waals surface area (Å²) in [7, 11) is 2.11. The van der Waals surface area contributed by atoms with Crippen molar-refractivity contribution in [2.45, 2.75) is 25.9 Å². The Morgan fingerprint density at radius 1 is 1.17 bits per heavy atom. The Morgan fingerprint density at radius 3 is 2.28 bits per heavy atom. The van der Waals surface area contributed by atoms with Crippen molar-refractivity contribution >= 4 is 11.7 Å². The normalized spacial score (nSPS) is 24.9. The number of anilines is 1. The number of piperazine rings is 1. The van der Waals surface area contributed by atoms with Crippen LogP contribution >= 0.6 is 0 Å². The molecule has 0 radical (unpaired) electrons. The van der Waals surface area contributed by atoms with E-state index < -0.39 is 0 Å². The lowest BCUT2D eigenvalue weighted by atomic mass is 10.1. The maximum Gasteiger partial charge on any atom is 0.321 e. The lowest BCUT2D eigenvalue weighted by Gasteiger charge is -2.42. The van der Waals surface area contributed by atoms with Crippen LogP contribution < -0.4 is 5.32 Å². The Bertz CT molecular complexity index is 395. The molecule has 2 amide bonds. The molecule has 4 nitrogen and oxygen atoms in total. The molecule has 1 fully saturated rings. The van der Waals surface area contributed by atoms with E-state index >= 15 is 0 Å². The SMILES string of the molecule is CC1CN(C(=O)Nc2ccccc2)CC(C)N1C. The van der Waals surface area contributed by atoms with Crippen LogP contribution in [0.2, 0.25) is 0 Å². The van der Waals surface area contributed by atoms with Crippen molar-refractivity contribution in [2.75, 3.05) is 25.5 Å². The van der Waals surface area contributed by atoms with Crippen LogP contribution in [0, 0.1) is 0 Å². The van der Waals surface area contributed by atoms with Gasteiger partial charge in [0.25, 0.3) is 0 Å². The van der Waals surface area contributed by atoms with Crippen molar-refractivity contribution in [2.24, 2.45) is 0 Å². The van der Waals surface area contributed by atoms with E-state index in [1.807, 2.05) is 35.2 Å². The summed E-state index contributed by atoms with van der Waals surface area (Å²) in [6.45, 7) is 5.86. The fourth-order valence-corrected chi connectivity index (χ4v) is 2.29. The Morgan fingerprint density at radius 2 is 1.72 bits per heavy atom. The number of hydrogen-bond acceptors (Lipinski definition) is 2. The van der Waals surface area contributed by atoms with Gasteiger partial charge in [-0.1, -0.05) is 18.2 Å². The summed E-state index contributed by atoms with van der Waals surface area (Å²) in [5.41, 5.74) is 0.849. The van der Waals surface area contributed by atoms with E-state index in [1.165, 1.54) is 0 Å². The Hall–Kier alpha value is -1.55. The van der Waals surface area contributed by atoms with Crippen LogP contribution in [0.4, 0.5) is 10.5 Å². The van der Waals surface area contributed by atoms with Crippen molar-refractivity contribution in [1.82, 2.24) is 9.80 Å². The second-order valence-electron chi connectivity index (χ2n) is 5.06. The third-order valence-corrected chi connectivity index (χ3v) is 3.67. The third kappa shape index (κ3) is 2.82. The van der Waals surface area contributed by atoms with Gasteiger partial charge < -0.3 is 10.2 Å². The lowest BCUT2D eigenvalue weighted by molar-refractivity contribution is 0.0816. The minimum absolute atomic E-state index is 0.00648. The molecule has 0 bridgehead atoms. The van der Waals surface area contributed by atoms with Gasteiger partial charge in [0.1, 0.15) is 0 Å². The highest BCUT2D eigenvalue weighted by atomic mass is 16.2. The molecule has 1 N–H and O–H groups in total. The van der Waals surface area contributed by atoms with Gasteiger partial charge in [-0.3, -0.25) is 4.90 Å². The second-order valence-corrected chi connectivity index (χ2v) is 5.06. The molecule has 4 heteroatoms. The zero-order valence-electron chi connectivity index (χ0n) is 11.3. The summed E-state index contributed by atoms with van der Waals surface area (Å²) in [6.07, 6.45) is 0. The Balaban J connectivity index is 1.98. The highest BCUT2D eigenvalue weighted by Gasteiger charge is 2.29. The summed E-state index contributed by atoms with van der Waals surface area (Å²) >= 11 is 0. The van der Waals surface area contributed by atoms with E-state index in [0.717, 1.165) is 18.8 Å². The molecule has 1 aliphatic heterocycles. The van der Waals surface area contributed by atoms with Gasteiger partial charge in [0, 0.05) is 30.9 Å². The molecule has 1 heterocycles. The van der Waals surface area contributed by atoms with E-state index in [-0.39, 0.29) is 6.03 Å². The number of nitrogens with zero attached hydrogens (tertiary/aromatic N) is 2.